The lowest BCUT2D eigenvalue weighted by atomic mass is 10.2. The van der Waals surface area contributed by atoms with Crippen molar-refractivity contribution in [3.63, 3.8) is 0 Å². The van der Waals surface area contributed by atoms with Crippen LogP contribution in [0.2, 0.25) is 0 Å². The number of rotatable bonds is 5. The van der Waals surface area contributed by atoms with Gasteiger partial charge in [-0.25, -0.2) is 4.99 Å². The van der Waals surface area contributed by atoms with Gasteiger partial charge in [-0.05, 0) is 24.3 Å². The Kier molecular flexibility index (Phi) is 5.21. The molecule has 1 rings (SSSR count). The Morgan fingerprint density at radius 3 is 2.45 bits per heavy atom. The number of allylic oxidation sites excluding steroid dienone is 1. The maximum atomic E-state index is 12.3. The molecule has 1 aromatic carbocycles. The Hall–Kier alpha value is -2.42. The molecule has 0 aliphatic heterocycles. The van der Waals surface area contributed by atoms with E-state index in [2.05, 4.69) is 15.3 Å². The highest BCUT2D eigenvalue weighted by Gasteiger charge is 2.29. The van der Waals surface area contributed by atoms with Gasteiger partial charge in [0.2, 0.25) is 0 Å². The van der Waals surface area contributed by atoms with Crippen molar-refractivity contribution in [2.45, 2.75) is 6.18 Å². The fourth-order valence-electron chi connectivity index (χ4n) is 1.13. The maximum absolute atomic E-state index is 12.3. The van der Waals surface area contributed by atoms with Crippen LogP contribution in [0.4, 0.5) is 18.9 Å². The first-order chi connectivity index (χ1) is 9.34. The van der Waals surface area contributed by atoms with Crippen LogP contribution in [-0.2, 0) is 11.0 Å². The first-order valence-electron chi connectivity index (χ1n) is 5.19. The molecule has 0 aliphatic rings. The minimum absolute atomic E-state index is 0.156. The van der Waals surface area contributed by atoms with Crippen LogP contribution in [0.3, 0.4) is 0 Å². The number of hydrogen-bond donors (Lipinski definition) is 1. The Bertz CT molecular complexity index is 524. The molecule has 108 valence electrons. The van der Waals surface area contributed by atoms with Crippen molar-refractivity contribution < 1.29 is 22.9 Å². The second-order valence-corrected chi connectivity index (χ2v) is 3.45. The molecule has 0 spiro atoms. The van der Waals surface area contributed by atoms with Crippen LogP contribution in [0.5, 0.6) is 0 Å². The highest BCUT2D eigenvalue weighted by atomic mass is 19.4. The fraction of sp³-hybridized carbons (Fsp3) is 0.182. The summed E-state index contributed by atoms with van der Waals surface area (Å²) in [4.78, 5) is 18.0. The Morgan fingerprint density at radius 1 is 1.40 bits per heavy atom. The summed E-state index contributed by atoms with van der Waals surface area (Å²) in [7, 11) is 1.26. The molecule has 1 aromatic rings. The number of hydrogen-bond acceptors (Lipinski definition) is 5. The van der Waals surface area contributed by atoms with Gasteiger partial charge in [0, 0.05) is 0 Å². The van der Waals surface area contributed by atoms with Crippen LogP contribution in [0.1, 0.15) is 5.56 Å². The van der Waals surface area contributed by atoms with E-state index in [0.29, 0.717) is 0 Å². The number of nitrogens with zero attached hydrogens (tertiary/aromatic N) is 2. The molecule has 1 N–H and O–H groups in total. The normalized spacial score (nSPS) is 12.7. The number of alkyl halides is 3. The molecule has 0 aliphatic carbocycles. The van der Waals surface area contributed by atoms with Gasteiger partial charge in [0.05, 0.1) is 23.3 Å². The molecule has 0 heterocycles. The summed E-state index contributed by atoms with van der Waals surface area (Å²) in [6.07, 6.45) is -2.58. The summed E-state index contributed by atoms with van der Waals surface area (Å²) in [5.74, 6) is 0. The first kappa shape index (κ1) is 15.6. The molecule has 0 saturated carbocycles. The summed E-state index contributed by atoms with van der Waals surface area (Å²) >= 11 is 0. The van der Waals surface area contributed by atoms with Gasteiger partial charge in [0.25, 0.3) is 0 Å². The second kappa shape index (κ2) is 6.66. The van der Waals surface area contributed by atoms with Crippen LogP contribution in [-0.4, -0.2) is 18.2 Å². The summed E-state index contributed by atoms with van der Waals surface area (Å²) < 4.78 is 37.0. The fourth-order valence-corrected chi connectivity index (χ4v) is 1.13. The Balaban J connectivity index is 2.86. The molecule has 20 heavy (non-hydrogen) atoms. The summed E-state index contributed by atoms with van der Waals surface area (Å²) in [5, 5.41) is 10.6. The first-order valence-corrected chi connectivity index (χ1v) is 5.19. The molecule has 0 atom stereocenters. The lowest BCUT2D eigenvalue weighted by Crippen LogP contribution is -2.08. The molecule has 0 bridgehead atoms. The van der Waals surface area contributed by atoms with Crippen LogP contribution in [0.15, 0.2) is 41.2 Å². The number of aliphatic imine (C=N–C) groups is 1. The lowest BCUT2D eigenvalue weighted by molar-refractivity contribution is -0.415. The van der Waals surface area contributed by atoms with Crippen molar-refractivity contribution in [2.24, 2.45) is 4.99 Å². The van der Waals surface area contributed by atoms with Gasteiger partial charge in [0.1, 0.15) is 12.4 Å². The van der Waals surface area contributed by atoms with Gasteiger partial charge in [0.15, 0.2) is 0 Å². The van der Waals surface area contributed by atoms with Gasteiger partial charge >= 0.3 is 11.9 Å². The topological polar surface area (TPSA) is 76.8 Å². The number of nitro groups is 1. The van der Waals surface area contributed by atoms with Crippen LogP contribution in [0.25, 0.3) is 0 Å². The molecule has 0 fully saturated rings. The van der Waals surface area contributed by atoms with Gasteiger partial charge in [-0.1, -0.05) is 0 Å². The Morgan fingerprint density at radius 2 is 2.00 bits per heavy atom. The average Bonchev–Trinajstić information content (AvgIpc) is 2.38. The quantitative estimate of drug-likeness (QED) is 0.513. The number of nitrogens with one attached hydrogen (secondary N) is 1. The van der Waals surface area contributed by atoms with Crippen LogP contribution in [0, 0.1) is 10.1 Å². The number of halogens is 3. The van der Waals surface area contributed by atoms with E-state index < -0.39 is 22.4 Å². The molecule has 0 amide bonds. The van der Waals surface area contributed by atoms with Crippen molar-refractivity contribution in [3.8, 4) is 0 Å². The van der Waals surface area contributed by atoms with Gasteiger partial charge in [-0.15, -0.1) is 0 Å². The van der Waals surface area contributed by atoms with E-state index in [1.165, 1.54) is 7.11 Å². The zero-order valence-electron chi connectivity index (χ0n) is 10.2. The van der Waals surface area contributed by atoms with E-state index in [9.17, 15) is 23.3 Å². The van der Waals surface area contributed by atoms with E-state index in [4.69, 9.17) is 0 Å². The smallest absolute Gasteiger partial charge is 0.280 e. The third-order valence-electron chi connectivity index (χ3n) is 2.08. The standard InChI is InChI=1S/C11H10F3N3O3/c1-20-16-7-10(17(18)19)6-15-9-4-2-8(3-5-9)11(12,13)14/h2-7,16H,1H3/b10-7-,15-6?. The van der Waals surface area contributed by atoms with Gasteiger partial charge < -0.3 is 0 Å². The molecule has 0 saturated heterocycles. The van der Waals surface area contributed by atoms with E-state index in [1.54, 1.807) is 0 Å². The van der Waals surface area contributed by atoms with Crippen molar-refractivity contribution in [3.05, 3.63) is 51.8 Å². The molecule has 6 nitrogen and oxygen atoms in total. The molecule has 0 aromatic heterocycles. The van der Waals surface area contributed by atoms with E-state index in [1.807, 2.05) is 0 Å². The molecule has 9 heteroatoms. The summed E-state index contributed by atoms with van der Waals surface area (Å²) in [5.41, 5.74) is 1.08. The van der Waals surface area contributed by atoms with E-state index in [0.717, 1.165) is 36.7 Å². The minimum atomic E-state index is -4.43. The average molecular weight is 289 g/mol. The number of hydroxylamine groups is 1. The third kappa shape index (κ3) is 4.69. The number of benzene rings is 1. The zero-order chi connectivity index (χ0) is 15.2. The lowest BCUT2D eigenvalue weighted by Gasteiger charge is -2.05. The van der Waals surface area contributed by atoms with Crippen molar-refractivity contribution in [1.82, 2.24) is 5.48 Å². The summed E-state index contributed by atoms with van der Waals surface area (Å²) in [6, 6.07) is 3.91. The molecular weight excluding hydrogens is 279 g/mol. The van der Waals surface area contributed by atoms with Crippen molar-refractivity contribution >= 4 is 11.9 Å². The van der Waals surface area contributed by atoms with E-state index >= 15 is 0 Å². The SMILES string of the molecule is CON/C=C(/C=Nc1ccc(C(F)(F)F)cc1)[N+](=O)[O-]. The highest BCUT2D eigenvalue weighted by Crippen LogP contribution is 2.30. The van der Waals surface area contributed by atoms with Crippen LogP contribution < -0.4 is 5.48 Å². The van der Waals surface area contributed by atoms with E-state index in [-0.39, 0.29) is 5.69 Å². The van der Waals surface area contributed by atoms with Crippen molar-refractivity contribution in [1.29, 1.82) is 0 Å². The predicted octanol–water partition coefficient (Wildman–Crippen LogP) is 2.68. The monoisotopic (exact) mass is 289 g/mol. The molecular formula is C11H10F3N3O3. The highest BCUT2D eigenvalue weighted by molar-refractivity contribution is 5.78. The second-order valence-electron chi connectivity index (χ2n) is 3.45. The Labute approximate surface area is 111 Å². The molecule has 0 unspecified atom stereocenters. The largest absolute Gasteiger partial charge is 0.416 e. The minimum Gasteiger partial charge on any atom is -0.280 e. The summed E-state index contributed by atoms with van der Waals surface area (Å²) in [6.45, 7) is 0. The third-order valence-corrected chi connectivity index (χ3v) is 2.08. The van der Waals surface area contributed by atoms with Gasteiger partial charge in [-0.2, -0.15) is 13.2 Å². The van der Waals surface area contributed by atoms with Crippen molar-refractivity contribution in [2.75, 3.05) is 7.11 Å². The molecule has 0 radical (unpaired) electrons. The van der Waals surface area contributed by atoms with Gasteiger partial charge in [-0.3, -0.25) is 20.4 Å². The van der Waals surface area contributed by atoms with Crippen LogP contribution >= 0.6 is 0 Å². The predicted molar refractivity (Wildman–Crippen MR) is 64.8 cm³/mol. The maximum Gasteiger partial charge on any atom is 0.416 e. The zero-order valence-corrected chi connectivity index (χ0v) is 10.2.